The number of halogens is 2. The Morgan fingerprint density at radius 1 is 1.24 bits per heavy atom. The van der Waals surface area contributed by atoms with Crippen LogP contribution in [0.3, 0.4) is 0 Å². The minimum absolute atomic E-state index is 0.309. The molecule has 0 fully saturated rings. The monoisotopic (exact) mass is 416 g/mol. The smallest absolute Gasteiger partial charge is 0.268 e. The van der Waals surface area contributed by atoms with Gasteiger partial charge in [-0.3, -0.25) is 9.48 Å². The number of nitrogens with one attached hydrogen (secondary N) is 1. The van der Waals surface area contributed by atoms with E-state index in [-0.39, 0.29) is 5.91 Å². The Hall–Kier alpha value is -2.44. The van der Waals surface area contributed by atoms with Crippen LogP contribution in [-0.4, -0.2) is 21.9 Å². The fourth-order valence-electron chi connectivity index (χ4n) is 2.16. The van der Waals surface area contributed by atoms with Gasteiger partial charge in [-0.15, -0.1) is 0 Å². The molecule has 0 spiro atoms. The number of carbonyl (C=O) groups excluding carboxylic acids is 1. The van der Waals surface area contributed by atoms with Crippen molar-refractivity contribution in [3.05, 3.63) is 87.1 Å². The lowest BCUT2D eigenvalue weighted by Gasteiger charge is -2.02. The van der Waals surface area contributed by atoms with Gasteiger partial charge in [0.25, 0.3) is 5.91 Å². The third-order valence-corrected chi connectivity index (χ3v) is 4.10. The van der Waals surface area contributed by atoms with Crippen molar-refractivity contribution < 1.29 is 4.79 Å². The van der Waals surface area contributed by atoms with Crippen LogP contribution in [0.2, 0.25) is 5.02 Å². The molecule has 25 heavy (non-hydrogen) atoms. The van der Waals surface area contributed by atoms with Crippen molar-refractivity contribution in [2.75, 3.05) is 0 Å². The van der Waals surface area contributed by atoms with Gasteiger partial charge in [-0.1, -0.05) is 51.8 Å². The number of hydrogen-bond donors (Lipinski definition) is 1. The SMILES string of the molecule is O=C(N/N=C\c1ccc(Cl)cc1)c1ccn(Cc2cccc(Br)c2)n1. The zero-order chi connectivity index (χ0) is 17.6. The summed E-state index contributed by atoms with van der Waals surface area (Å²) in [7, 11) is 0. The van der Waals surface area contributed by atoms with Crippen LogP contribution < -0.4 is 5.43 Å². The Bertz CT molecular complexity index is 905. The standard InChI is InChI=1S/C18H14BrClN4O/c19-15-3-1-2-14(10-15)12-24-9-8-17(23-24)18(25)22-21-11-13-4-6-16(20)7-5-13/h1-11H,12H2,(H,22,25)/b21-11-. The molecule has 7 heteroatoms. The third kappa shape index (κ3) is 5.01. The highest BCUT2D eigenvalue weighted by Gasteiger charge is 2.08. The van der Waals surface area contributed by atoms with Gasteiger partial charge in [0.1, 0.15) is 0 Å². The fourth-order valence-corrected chi connectivity index (χ4v) is 2.74. The Morgan fingerprint density at radius 3 is 2.80 bits per heavy atom. The van der Waals surface area contributed by atoms with Crippen molar-refractivity contribution in [3.8, 4) is 0 Å². The second-order valence-electron chi connectivity index (χ2n) is 5.28. The van der Waals surface area contributed by atoms with Gasteiger partial charge in [0.2, 0.25) is 0 Å². The summed E-state index contributed by atoms with van der Waals surface area (Å²) in [4.78, 5) is 12.1. The number of hydrogen-bond acceptors (Lipinski definition) is 3. The normalized spacial score (nSPS) is 11.0. The Balaban J connectivity index is 1.59. The lowest BCUT2D eigenvalue weighted by atomic mass is 10.2. The molecular formula is C18H14BrClN4O. The first kappa shape index (κ1) is 17.4. The molecule has 0 unspecified atom stereocenters. The summed E-state index contributed by atoms with van der Waals surface area (Å²) in [5, 5.41) is 8.85. The van der Waals surface area contributed by atoms with Crippen LogP contribution in [0.5, 0.6) is 0 Å². The first-order valence-corrected chi connectivity index (χ1v) is 8.64. The van der Waals surface area contributed by atoms with Crippen LogP contribution in [0.15, 0.2) is 70.4 Å². The van der Waals surface area contributed by atoms with Crippen LogP contribution in [0, 0.1) is 0 Å². The first-order chi connectivity index (χ1) is 12.1. The van der Waals surface area contributed by atoms with Gasteiger partial charge >= 0.3 is 0 Å². The van der Waals surface area contributed by atoms with E-state index in [1.54, 1.807) is 35.3 Å². The van der Waals surface area contributed by atoms with Crippen LogP contribution in [0.4, 0.5) is 0 Å². The van der Waals surface area contributed by atoms with Gasteiger partial charge in [-0.2, -0.15) is 10.2 Å². The Labute approximate surface area is 158 Å². The molecule has 3 rings (SSSR count). The molecular weight excluding hydrogens is 404 g/mol. The highest BCUT2D eigenvalue weighted by Crippen LogP contribution is 2.12. The van der Waals surface area contributed by atoms with Crippen LogP contribution in [0.25, 0.3) is 0 Å². The van der Waals surface area contributed by atoms with E-state index in [0.717, 1.165) is 15.6 Å². The molecule has 5 nitrogen and oxygen atoms in total. The van der Waals surface area contributed by atoms with E-state index in [4.69, 9.17) is 11.6 Å². The molecule has 0 bridgehead atoms. The highest BCUT2D eigenvalue weighted by molar-refractivity contribution is 9.10. The summed E-state index contributed by atoms with van der Waals surface area (Å²) in [6.07, 6.45) is 3.31. The van der Waals surface area contributed by atoms with E-state index in [2.05, 4.69) is 31.6 Å². The van der Waals surface area contributed by atoms with Crippen molar-refractivity contribution in [3.63, 3.8) is 0 Å². The Morgan fingerprint density at radius 2 is 2.04 bits per heavy atom. The van der Waals surface area contributed by atoms with Gasteiger partial charge in [-0.05, 0) is 41.5 Å². The molecule has 0 aliphatic rings. The number of carbonyl (C=O) groups is 1. The molecule has 126 valence electrons. The molecule has 1 aromatic heterocycles. The molecule has 0 aliphatic heterocycles. The van der Waals surface area contributed by atoms with Gasteiger partial charge in [0.05, 0.1) is 12.8 Å². The van der Waals surface area contributed by atoms with E-state index < -0.39 is 0 Å². The van der Waals surface area contributed by atoms with Crippen molar-refractivity contribution in [1.29, 1.82) is 0 Å². The summed E-state index contributed by atoms with van der Waals surface area (Å²) in [5.41, 5.74) is 4.70. The maximum atomic E-state index is 12.1. The molecule has 0 radical (unpaired) electrons. The van der Waals surface area contributed by atoms with Crippen LogP contribution >= 0.6 is 27.5 Å². The summed E-state index contributed by atoms with van der Waals surface area (Å²) in [6.45, 7) is 0.584. The number of nitrogens with zero attached hydrogens (tertiary/aromatic N) is 3. The minimum Gasteiger partial charge on any atom is -0.268 e. The second-order valence-corrected chi connectivity index (χ2v) is 6.63. The average Bonchev–Trinajstić information content (AvgIpc) is 3.05. The molecule has 0 saturated heterocycles. The number of amides is 1. The number of hydrazone groups is 1. The Kier molecular flexibility index (Phi) is 5.63. The maximum absolute atomic E-state index is 12.1. The average molecular weight is 418 g/mol. The molecule has 1 N–H and O–H groups in total. The minimum atomic E-state index is -0.363. The zero-order valence-corrected chi connectivity index (χ0v) is 15.4. The topological polar surface area (TPSA) is 59.3 Å². The molecule has 0 saturated carbocycles. The highest BCUT2D eigenvalue weighted by atomic mass is 79.9. The summed E-state index contributed by atoms with van der Waals surface area (Å²) < 4.78 is 2.71. The van der Waals surface area contributed by atoms with E-state index in [9.17, 15) is 4.79 Å². The van der Waals surface area contributed by atoms with Crippen LogP contribution in [0.1, 0.15) is 21.6 Å². The molecule has 0 atom stereocenters. The lowest BCUT2D eigenvalue weighted by Crippen LogP contribution is -2.18. The largest absolute Gasteiger partial charge is 0.291 e. The number of rotatable bonds is 5. The lowest BCUT2D eigenvalue weighted by molar-refractivity contribution is 0.0949. The van der Waals surface area contributed by atoms with Crippen LogP contribution in [-0.2, 0) is 6.54 Å². The molecule has 1 amide bonds. The van der Waals surface area contributed by atoms with Crippen molar-refractivity contribution in [1.82, 2.24) is 15.2 Å². The van der Waals surface area contributed by atoms with E-state index in [1.807, 2.05) is 36.4 Å². The van der Waals surface area contributed by atoms with Crippen molar-refractivity contribution >= 4 is 39.7 Å². The van der Waals surface area contributed by atoms with E-state index in [0.29, 0.717) is 17.3 Å². The summed E-state index contributed by atoms with van der Waals surface area (Å²) in [5.74, 6) is -0.363. The first-order valence-electron chi connectivity index (χ1n) is 7.47. The number of benzene rings is 2. The predicted molar refractivity (Wildman–Crippen MR) is 102 cm³/mol. The summed E-state index contributed by atoms with van der Waals surface area (Å²) in [6, 6.07) is 16.7. The van der Waals surface area contributed by atoms with Crippen molar-refractivity contribution in [2.24, 2.45) is 5.10 Å². The molecule has 3 aromatic rings. The fraction of sp³-hybridized carbons (Fsp3) is 0.0556. The maximum Gasteiger partial charge on any atom is 0.291 e. The summed E-state index contributed by atoms with van der Waals surface area (Å²) >= 11 is 9.26. The van der Waals surface area contributed by atoms with E-state index in [1.165, 1.54) is 0 Å². The second kappa shape index (κ2) is 8.09. The quantitative estimate of drug-likeness (QED) is 0.502. The molecule has 1 heterocycles. The molecule has 2 aromatic carbocycles. The van der Waals surface area contributed by atoms with Gasteiger partial charge in [-0.25, -0.2) is 5.43 Å². The van der Waals surface area contributed by atoms with Gasteiger partial charge < -0.3 is 0 Å². The van der Waals surface area contributed by atoms with Gasteiger partial charge in [0, 0.05) is 15.7 Å². The number of aromatic nitrogens is 2. The third-order valence-electron chi connectivity index (χ3n) is 3.36. The zero-order valence-electron chi connectivity index (χ0n) is 13.1. The van der Waals surface area contributed by atoms with Crippen molar-refractivity contribution in [2.45, 2.75) is 6.54 Å². The predicted octanol–water partition coefficient (Wildman–Crippen LogP) is 4.11. The van der Waals surface area contributed by atoms with Gasteiger partial charge in [0.15, 0.2) is 5.69 Å². The molecule has 0 aliphatic carbocycles. The van der Waals surface area contributed by atoms with E-state index >= 15 is 0 Å².